The molecule has 0 saturated carbocycles. The van der Waals surface area contributed by atoms with E-state index in [1.165, 1.54) is 23.1 Å². The quantitative estimate of drug-likeness (QED) is 0.676. The summed E-state index contributed by atoms with van der Waals surface area (Å²) in [5.41, 5.74) is 8.89. The molecule has 1 aromatic heterocycles. The molecule has 160 valence electrons. The highest BCUT2D eigenvalue weighted by Crippen LogP contribution is 2.49. The third-order valence-corrected chi connectivity index (χ3v) is 7.31. The summed E-state index contributed by atoms with van der Waals surface area (Å²) in [6.45, 7) is 0. The maximum Gasteiger partial charge on any atom is 0.219 e. The Morgan fingerprint density at radius 1 is 1.29 bits per heavy atom. The molecule has 8 nitrogen and oxygen atoms in total. The SMILES string of the molecule is COc1ccc(C2C(C#N)=C(N)N(c3nnc(SC)s3)C3=C2C(=O)CCC3)c(OC)c1. The third-order valence-electron chi connectivity index (χ3n) is 5.43. The first-order valence-corrected chi connectivity index (χ1v) is 11.6. The van der Waals surface area contributed by atoms with Crippen molar-refractivity contribution in [3.63, 3.8) is 0 Å². The lowest BCUT2D eigenvalue weighted by molar-refractivity contribution is -0.116. The highest BCUT2D eigenvalue weighted by atomic mass is 32.2. The molecule has 1 atom stereocenters. The molecule has 31 heavy (non-hydrogen) atoms. The van der Waals surface area contributed by atoms with E-state index in [9.17, 15) is 10.1 Å². The number of nitrogens with zero attached hydrogens (tertiary/aromatic N) is 4. The Morgan fingerprint density at radius 3 is 2.74 bits per heavy atom. The minimum Gasteiger partial charge on any atom is -0.497 e. The number of ether oxygens (including phenoxy) is 2. The first-order chi connectivity index (χ1) is 15.0. The van der Waals surface area contributed by atoms with Crippen LogP contribution in [0.5, 0.6) is 11.5 Å². The molecule has 2 aliphatic rings. The lowest BCUT2D eigenvalue weighted by Gasteiger charge is -2.38. The Labute approximate surface area is 188 Å². The fraction of sp³-hybridized carbons (Fsp3) is 0.333. The van der Waals surface area contributed by atoms with E-state index in [4.69, 9.17) is 15.2 Å². The van der Waals surface area contributed by atoms with Crippen molar-refractivity contribution in [1.29, 1.82) is 5.26 Å². The van der Waals surface area contributed by atoms with Crippen molar-refractivity contribution in [2.75, 3.05) is 25.4 Å². The van der Waals surface area contributed by atoms with Crippen LogP contribution in [0.1, 0.15) is 30.7 Å². The van der Waals surface area contributed by atoms with Crippen molar-refractivity contribution < 1.29 is 14.3 Å². The minimum atomic E-state index is -0.613. The Balaban J connectivity index is 1.96. The van der Waals surface area contributed by atoms with Gasteiger partial charge in [0.25, 0.3) is 0 Å². The predicted octanol–water partition coefficient (Wildman–Crippen LogP) is 3.58. The van der Waals surface area contributed by atoms with E-state index in [2.05, 4.69) is 16.3 Å². The Kier molecular flexibility index (Phi) is 5.89. The standard InChI is InChI=1S/C21H21N5O3S2/c1-28-11-7-8-12(16(9-11)29-2)17-13(10-22)19(23)26(20-24-25-21(30-3)31-20)14-5-4-6-15(27)18(14)17/h7-9,17H,4-6,23H2,1-3H3. The van der Waals surface area contributed by atoms with E-state index >= 15 is 0 Å². The summed E-state index contributed by atoms with van der Waals surface area (Å²) in [5.74, 6) is 0.810. The summed E-state index contributed by atoms with van der Waals surface area (Å²) in [4.78, 5) is 14.9. The summed E-state index contributed by atoms with van der Waals surface area (Å²) in [6, 6.07) is 7.61. The molecule has 2 N–H and O–H groups in total. The number of nitrogens with two attached hydrogens (primary N) is 1. The summed E-state index contributed by atoms with van der Waals surface area (Å²) >= 11 is 2.86. The largest absolute Gasteiger partial charge is 0.497 e. The molecule has 4 rings (SSSR count). The van der Waals surface area contributed by atoms with Gasteiger partial charge in [-0.3, -0.25) is 9.69 Å². The fourth-order valence-electron chi connectivity index (χ4n) is 4.05. The van der Waals surface area contributed by atoms with Gasteiger partial charge in [-0.1, -0.05) is 29.2 Å². The highest BCUT2D eigenvalue weighted by molar-refractivity contribution is 8.00. The van der Waals surface area contributed by atoms with Crippen molar-refractivity contribution in [1.82, 2.24) is 10.2 Å². The molecule has 0 spiro atoms. The number of hydrogen-bond acceptors (Lipinski definition) is 10. The number of hydrogen-bond donors (Lipinski definition) is 1. The maximum atomic E-state index is 13.2. The van der Waals surface area contributed by atoms with Crippen LogP contribution < -0.4 is 20.1 Å². The molecule has 0 radical (unpaired) electrons. The molecule has 2 heterocycles. The normalized spacial score (nSPS) is 18.7. The molecule has 10 heteroatoms. The smallest absolute Gasteiger partial charge is 0.219 e. The van der Waals surface area contributed by atoms with Gasteiger partial charge in [-0.05, 0) is 25.2 Å². The predicted molar refractivity (Wildman–Crippen MR) is 119 cm³/mol. The van der Waals surface area contributed by atoms with Gasteiger partial charge in [0.05, 0.1) is 31.8 Å². The van der Waals surface area contributed by atoms with Gasteiger partial charge in [-0.2, -0.15) is 5.26 Å². The number of rotatable bonds is 5. The van der Waals surface area contributed by atoms with Gasteiger partial charge >= 0.3 is 0 Å². The average Bonchev–Trinajstić information content (AvgIpc) is 3.26. The van der Waals surface area contributed by atoms with Gasteiger partial charge < -0.3 is 15.2 Å². The number of carbonyl (C=O) groups excluding carboxylic acids is 1. The van der Waals surface area contributed by atoms with Crippen molar-refractivity contribution in [2.45, 2.75) is 29.5 Å². The molecule has 1 aliphatic carbocycles. The van der Waals surface area contributed by atoms with Crippen molar-refractivity contribution in [3.05, 3.63) is 46.4 Å². The number of benzene rings is 1. The van der Waals surface area contributed by atoms with Gasteiger partial charge in [0.15, 0.2) is 10.1 Å². The van der Waals surface area contributed by atoms with Crippen LogP contribution in [0.2, 0.25) is 0 Å². The zero-order valence-electron chi connectivity index (χ0n) is 17.3. The summed E-state index contributed by atoms with van der Waals surface area (Å²) in [6.07, 6.45) is 3.71. The lowest BCUT2D eigenvalue weighted by atomic mass is 9.75. The number of nitriles is 1. The molecule has 2 aromatic rings. The maximum absolute atomic E-state index is 13.2. The van der Waals surface area contributed by atoms with Crippen LogP contribution in [0, 0.1) is 11.3 Å². The molecule has 0 amide bonds. The van der Waals surface area contributed by atoms with Crippen LogP contribution >= 0.6 is 23.1 Å². The van der Waals surface area contributed by atoms with Crippen LogP contribution in [0.3, 0.4) is 0 Å². The van der Waals surface area contributed by atoms with E-state index in [1.54, 1.807) is 31.3 Å². The highest BCUT2D eigenvalue weighted by Gasteiger charge is 2.42. The molecular weight excluding hydrogens is 434 g/mol. The first kappa shape index (κ1) is 21.2. The van der Waals surface area contributed by atoms with Crippen LogP contribution in [-0.2, 0) is 4.79 Å². The van der Waals surface area contributed by atoms with Gasteiger partial charge in [0, 0.05) is 29.3 Å². The van der Waals surface area contributed by atoms with E-state index in [0.717, 1.165) is 10.0 Å². The van der Waals surface area contributed by atoms with Gasteiger partial charge in [-0.15, -0.1) is 10.2 Å². The number of allylic oxidation sites excluding steroid dienone is 3. The molecule has 1 aliphatic heterocycles. The average molecular weight is 456 g/mol. The molecule has 1 aromatic carbocycles. The van der Waals surface area contributed by atoms with Crippen molar-refractivity contribution in [3.8, 4) is 17.6 Å². The second-order valence-corrected chi connectivity index (χ2v) is 8.99. The Morgan fingerprint density at radius 2 is 2.10 bits per heavy atom. The lowest BCUT2D eigenvalue weighted by Crippen LogP contribution is -2.38. The molecule has 0 fully saturated rings. The van der Waals surface area contributed by atoms with Crippen LogP contribution in [-0.4, -0.2) is 36.5 Å². The van der Waals surface area contributed by atoms with Gasteiger partial charge in [-0.25, -0.2) is 0 Å². The number of Topliss-reactive ketones (excluding diaryl/α,β-unsaturated/α-hetero) is 1. The van der Waals surface area contributed by atoms with Crippen LogP contribution in [0.4, 0.5) is 5.13 Å². The second-order valence-electron chi connectivity index (χ2n) is 6.98. The molecular formula is C21H21N5O3S2. The molecule has 0 saturated heterocycles. The summed E-state index contributed by atoms with van der Waals surface area (Å²) < 4.78 is 11.7. The zero-order chi connectivity index (χ0) is 22.1. The fourth-order valence-corrected chi connectivity index (χ4v) is 5.35. The molecule has 1 unspecified atom stereocenters. The van der Waals surface area contributed by atoms with E-state index < -0.39 is 5.92 Å². The third kappa shape index (κ3) is 3.54. The Hall–Kier alpha value is -3.03. The molecule has 0 bridgehead atoms. The zero-order valence-corrected chi connectivity index (χ0v) is 19.0. The first-order valence-electron chi connectivity index (χ1n) is 9.59. The number of thioether (sulfide) groups is 1. The van der Waals surface area contributed by atoms with Gasteiger partial charge in [0.2, 0.25) is 5.13 Å². The van der Waals surface area contributed by atoms with Crippen molar-refractivity contribution in [2.24, 2.45) is 5.73 Å². The van der Waals surface area contributed by atoms with E-state index in [0.29, 0.717) is 52.6 Å². The number of ketones is 1. The number of aromatic nitrogens is 2. The monoisotopic (exact) mass is 455 g/mol. The summed E-state index contributed by atoms with van der Waals surface area (Å²) in [7, 11) is 3.12. The van der Waals surface area contributed by atoms with E-state index in [1.807, 2.05) is 12.3 Å². The Bertz CT molecular complexity index is 1150. The topological polar surface area (TPSA) is 114 Å². The second kappa shape index (κ2) is 8.61. The van der Waals surface area contributed by atoms with Crippen LogP contribution in [0.25, 0.3) is 0 Å². The number of anilines is 1. The van der Waals surface area contributed by atoms with Gasteiger partial charge in [0.1, 0.15) is 17.3 Å². The van der Waals surface area contributed by atoms with Crippen molar-refractivity contribution >= 4 is 34.0 Å². The summed E-state index contributed by atoms with van der Waals surface area (Å²) in [5, 5.41) is 19.1. The van der Waals surface area contributed by atoms with Crippen LogP contribution in [0.15, 0.2) is 45.2 Å². The van der Waals surface area contributed by atoms with E-state index in [-0.39, 0.29) is 11.6 Å². The number of methoxy groups -OCH3 is 2. The minimum absolute atomic E-state index is 0.00368. The number of carbonyl (C=O) groups is 1.